The molecular formula is C18H26N2O. The Balaban J connectivity index is 1.49. The first kappa shape index (κ1) is 14.4. The lowest BCUT2D eigenvalue weighted by Gasteiger charge is -2.40. The number of hydrogen-bond acceptors (Lipinski definition) is 2. The maximum Gasteiger partial charge on any atom is 0.219 e. The summed E-state index contributed by atoms with van der Waals surface area (Å²) in [4.78, 5) is 15.9. The third kappa shape index (κ3) is 3.39. The van der Waals surface area contributed by atoms with Crippen molar-refractivity contribution >= 4 is 11.6 Å². The number of nitrogens with zero attached hydrogens (tertiary/aromatic N) is 2. The first-order valence-electron chi connectivity index (χ1n) is 8.29. The molecule has 0 saturated carbocycles. The van der Waals surface area contributed by atoms with Crippen molar-refractivity contribution in [1.29, 1.82) is 0 Å². The van der Waals surface area contributed by atoms with Gasteiger partial charge in [0.2, 0.25) is 5.91 Å². The van der Waals surface area contributed by atoms with E-state index in [9.17, 15) is 4.79 Å². The second-order valence-corrected chi connectivity index (χ2v) is 6.50. The third-order valence-electron chi connectivity index (χ3n) is 5.31. The van der Waals surface area contributed by atoms with Crippen LogP contribution in [0, 0.1) is 11.8 Å². The quantitative estimate of drug-likeness (QED) is 0.834. The van der Waals surface area contributed by atoms with Crippen molar-refractivity contribution in [2.75, 3.05) is 31.1 Å². The van der Waals surface area contributed by atoms with Crippen molar-refractivity contribution in [3.05, 3.63) is 30.3 Å². The van der Waals surface area contributed by atoms with Crippen LogP contribution in [-0.4, -0.2) is 37.0 Å². The summed E-state index contributed by atoms with van der Waals surface area (Å²) in [6.45, 7) is 6.00. The molecule has 21 heavy (non-hydrogen) atoms. The molecule has 3 nitrogen and oxygen atoms in total. The molecule has 1 amide bonds. The van der Waals surface area contributed by atoms with Crippen LogP contribution < -0.4 is 4.90 Å². The highest BCUT2D eigenvalue weighted by atomic mass is 16.2. The molecule has 0 bridgehead atoms. The van der Waals surface area contributed by atoms with Crippen LogP contribution in [0.3, 0.4) is 0 Å². The van der Waals surface area contributed by atoms with Crippen molar-refractivity contribution in [3.8, 4) is 0 Å². The molecule has 0 aromatic heterocycles. The van der Waals surface area contributed by atoms with E-state index < -0.39 is 0 Å². The van der Waals surface area contributed by atoms with Crippen LogP contribution in [0.1, 0.15) is 32.6 Å². The van der Waals surface area contributed by atoms with E-state index in [1.165, 1.54) is 44.5 Å². The monoisotopic (exact) mass is 286 g/mol. The molecule has 0 unspecified atom stereocenters. The Labute approximate surface area is 127 Å². The zero-order chi connectivity index (χ0) is 14.7. The number of para-hydroxylation sites is 1. The summed E-state index contributed by atoms with van der Waals surface area (Å²) >= 11 is 0. The molecule has 0 radical (unpaired) electrons. The average Bonchev–Trinajstić information content (AvgIpc) is 2.56. The van der Waals surface area contributed by atoms with Crippen molar-refractivity contribution < 1.29 is 4.79 Å². The number of carbonyl (C=O) groups excluding carboxylic acids is 1. The van der Waals surface area contributed by atoms with Gasteiger partial charge in [0.1, 0.15) is 0 Å². The fourth-order valence-electron chi connectivity index (χ4n) is 3.95. The van der Waals surface area contributed by atoms with Gasteiger partial charge < -0.3 is 9.80 Å². The number of piperidine rings is 2. The molecule has 0 spiro atoms. The van der Waals surface area contributed by atoms with Gasteiger partial charge in [-0.25, -0.2) is 0 Å². The van der Waals surface area contributed by atoms with Crippen LogP contribution in [0.25, 0.3) is 0 Å². The molecule has 0 N–H and O–H groups in total. The predicted molar refractivity (Wildman–Crippen MR) is 86.4 cm³/mol. The van der Waals surface area contributed by atoms with Crippen LogP contribution in [0.15, 0.2) is 30.3 Å². The van der Waals surface area contributed by atoms with Crippen LogP contribution in [-0.2, 0) is 4.79 Å². The minimum atomic E-state index is 0.243. The standard InChI is InChI=1S/C18H26N2O/c1-15(21)19-11-7-16(8-12-19)17-9-13-20(14-10-17)18-5-3-2-4-6-18/h2-6,16-17H,7-14H2,1H3. The zero-order valence-corrected chi connectivity index (χ0v) is 13.0. The SMILES string of the molecule is CC(=O)N1CCC(C2CCN(c3ccccc3)CC2)CC1. The number of carbonyl (C=O) groups is 1. The number of hydrogen-bond donors (Lipinski definition) is 0. The van der Waals surface area contributed by atoms with Gasteiger partial charge in [0.25, 0.3) is 0 Å². The van der Waals surface area contributed by atoms with Crippen molar-refractivity contribution in [2.24, 2.45) is 11.8 Å². The molecular weight excluding hydrogens is 260 g/mol. The summed E-state index contributed by atoms with van der Waals surface area (Å²) < 4.78 is 0. The molecule has 1 aromatic carbocycles. The summed E-state index contributed by atoms with van der Waals surface area (Å²) in [7, 11) is 0. The third-order valence-corrected chi connectivity index (χ3v) is 5.31. The topological polar surface area (TPSA) is 23.6 Å². The summed E-state index contributed by atoms with van der Waals surface area (Å²) in [6, 6.07) is 10.8. The minimum Gasteiger partial charge on any atom is -0.372 e. The smallest absolute Gasteiger partial charge is 0.219 e. The van der Waals surface area contributed by atoms with E-state index in [4.69, 9.17) is 0 Å². The highest BCUT2D eigenvalue weighted by molar-refractivity contribution is 5.73. The second-order valence-electron chi connectivity index (χ2n) is 6.50. The van der Waals surface area contributed by atoms with Gasteiger partial charge in [0.15, 0.2) is 0 Å². The number of anilines is 1. The maximum atomic E-state index is 11.4. The summed E-state index contributed by atoms with van der Waals surface area (Å²) in [5.74, 6) is 1.94. The molecule has 3 heteroatoms. The maximum absolute atomic E-state index is 11.4. The van der Waals surface area contributed by atoms with Crippen LogP contribution in [0.2, 0.25) is 0 Å². The number of rotatable bonds is 2. The summed E-state index contributed by atoms with van der Waals surface area (Å²) in [5.41, 5.74) is 1.36. The molecule has 2 aliphatic rings. The lowest BCUT2D eigenvalue weighted by atomic mass is 9.78. The van der Waals surface area contributed by atoms with Crippen LogP contribution in [0.5, 0.6) is 0 Å². The van der Waals surface area contributed by atoms with Gasteiger partial charge in [-0.3, -0.25) is 4.79 Å². The molecule has 3 rings (SSSR count). The van der Waals surface area contributed by atoms with Gasteiger partial charge in [-0.2, -0.15) is 0 Å². The van der Waals surface area contributed by atoms with Gasteiger partial charge in [-0.1, -0.05) is 18.2 Å². The first-order chi connectivity index (χ1) is 10.2. The fourth-order valence-corrected chi connectivity index (χ4v) is 3.95. The predicted octanol–water partition coefficient (Wildman–Crippen LogP) is 3.16. The molecule has 1 aromatic rings. The van der Waals surface area contributed by atoms with E-state index >= 15 is 0 Å². The lowest BCUT2D eigenvalue weighted by Crippen LogP contribution is -2.42. The van der Waals surface area contributed by atoms with E-state index in [-0.39, 0.29) is 5.91 Å². The summed E-state index contributed by atoms with van der Waals surface area (Å²) in [6.07, 6.45) is 5.02. The molecule has 2 fully saturated rings. The van der Waals surface area contributed by atoms with E-state index in [1.54, 1.807) is 6.92 Å². The lowest BCUT2D eigenvalue weighted by molar-refractivity contribution is -0.130. The Morgan fingerprint density at radius 2 is 1.43 bits per heavy atom. The van der Waals surface area contributed by atoms with Gasteiger partial charge in [0.05, 0.1) is 0 Å². The minimum absolute atomic E-state index is 0.243. The largest absolute Gasteiger partial charge is 0.372 e. The van der Waals surface area contributed by atoms with Crippen LogP contribution >= 0.6 is 0 Å². The zero-order valence-electron chi connectivity index (χ0n) is 13.0. The van der Waals surface area contributed by atoms with E-state index in [0.717, 1.165) is 24.9 Å². The fraction of sp³-hybridized carbons (Fsp3) is 0.611. The Bertz CT molecular complexity index is 457. The number of amides is 1. The van der Waals surface area contributed by atoms with Crippen molar-refractivity contribution in [3.63, 3.8) is 0 Å². The van der Waals surface area contributed by atoms with Crippen molar-refractivity contribution in [2.45, 2.75) is 32.6 Å². The number of likely N-dealkylation sites (tertiary alicyclic amines) is 1. The van der Waals surface area contributed by atoms with Gasteiger partial charge >= 0.3 is 0 Å². The molecule has 2 heterocycles. The molecule has 0 aliphatic carbocycles. The van der Waals surface area contributed by atoms with Gasteiger partial charge in [-0.05, 0) is 49.7 Å². The Hall–Kier alpha value is -1.51. The van der Waals surface area contributed by atoms with Crippen LogP contribution in [0.4, 0.5) is 5.69 Å². The summed E-state index contributed by atoms with van der Waals surface area (Å²) in [5, 5.41) is 0. The van der Waals surface area contributed by atoms with Gasteiger partial charge in [-0.15, -0.1) is 0 Å². The van der Waals surface area contributed by atoms with E-state index in [2.05, 4.69) is 35.2 Å². The highest BCUT2D eigenvalue weighted by Crippen LogP contribution is 2.33. The normalized spacial score (nSPS) is 21.6. The molecule has 114 valence electrons. The van der Waals surface area contributed by atoms with Crippen molar-refractivity contribution in [1.82, 2.24) is 4.90 Å². The van der Waals surface area contributed by atoms with E-state index in [0.29, 0.717) is 0 Å². The molecule has 2 saturated heterocycles. The van der Waals surface area contributed by atoms with Gasteiger partial charge in [0, 0.05) is 38.8 Å². The first-order valence-corrected chi connectivity index (χ1v) is 8.29. The van der Waals surface area contributed by atoms with E-state index in [1.807, 2.05) is 4.90 Å². The Kier molecular flexibility index (Phi) is 4.47. The average molecular weight is 286 g/mol. The Morgan fingerprint density at radius 1 is 0.905 bits per heavy atom. The molecule has 2 aliphatic heterocycles. The Morgan fingerprint density at radius 3 is 1.95 bits per heavy atom. The number of benzene rings is 1. The highest BCUT2D eigenvalue weighted by Gasteiger charge is 2.30. The molecule has 0 atom stereocenters. The second kappa shape index (κ2) is 6.50.